The Labute approximate surface area is 197 Å². The molecule has 4 aromatic carbocycles. The molecule has 0 aromatic heterocycles. The van der Waals surface area contributed by atoms with Crippen LogP contribution in [-0.4, -0.2) is 17.7 Å². The van der Waals surface area contributed by atoms with Crippen molar-refractivity contribution in [2.45, 2.75) is 6.54 Å². The lowest BCUT2D eigenvalue weighted by Crippen LogP contribution is -2.25. The Morgan fingerprint density at radius 1 is 0.559 bits per heavy atom. The standard InChI is InChI=1S/C28H23N3O3/c32-26(21-12-5-2-6-13-21)30-23-15-9-14-22(18-23)27(33)31-25-17-8-7-16-24(25)28(34)29-19-20-10-3-1-4-11-20/h1-18H,19H2,(H,29,34)(H,30,32)(H,31,33). The van der Waals surface area contributed by atoms with Crippen LogP contribution in [0.15, 0.2) is 109 Å². The molecule has 34 heavy (non-hydrogen) atoms. The number of carbonyl (C=O) groups excluding carboxylic acids is 3. The van der Waals surface area contributed by atoms with E-state index < -0.39 is 0 Å². The van der Waals surface area contributed by atoms with E-state index in [0.717, 1.165) is 5.56 Å². The zero-order valence-corrected chi connectivity index (χ0v) is 18.3. The van der Waals surface area contributed by atoms with Crippen LogP contribution in [0, 0.1) is 0 Å². The lowest BCUT2D eigenvalue weighted by Gasteiger charge is -2.12. The van der Waals surface area contributed by atoms with Gasteiger partial charge in [0, 0.05) is 23.4 Å². The van der Waals surface area contributed by atoms with E-state index in [1.165, 1.54) is 0 Å². The van der Waals surface area contributed by atoms with E-state index >= 15 is 0 Å². The van der Waals surface area contributed by atoms with Gasteiger partial charge in [-0.3, -0.25) is 14.4 Å². The fraction of sp³-hybridized carbons (Fsp3) is 0.0357. The van der Waals surface area contributed by atoms with Crippen LogP contribution in [0.25, 0.3) is 0 Å². The number of benzene rings is 4. The molecule has 0 bridgehead atoms. The molecule has 3 amide bonds. The molecule has 6 nitrogen and oxygen atoms in total. The highest BCUT2D eigenvalue weighted by atomic mass is 16.2. The SMILES string of the molecule is O=C(Nc1cccc(C(=O)Nc2ccccc2C(=O)NCc2ccccc2)c1)c1ccccc1. The predicted molar refractivity (Wildman–Crippen MR) is 133 cm³/mol. The quantitative estimate of drug-likeness (QED) is 0.366. The van der Waals surface area contributed by atoms with Gasteiger partial charge in [-0.1, -0.05) is 66.7 Å². The average Bonchev–Trinajstić information content (AvgIpc) is 2.89. The Morgan fingerprint density at radius 3 is 1.94 bits per heavy atom. The second kappa shape index (κ2) is 10.7. The summed E-state index contributed by atoms with van der Waals surface area (Å²) >= 11 is 0. The van der Waals surface area contributed by atoms with Crippen molar-refractivity contribution in [3.8, 4) is 0 Å². The van der Waals surface area contributed by atoms with E-state index in [-0.39, 0.29) is 17.7 Å². The minimum atomic E-state index is -0.390. The molecule has 0 saturated carbocycles. The van der Waals surface area contributed by atoms with Gasteiger partial charge in [0.1, 0.15) is 0 Å². The van der Waals surface area contributed by atoms with E-state index in [4.69, 9.17) is 0 Å². The van der Waals surface area contributed by atoms with Crippen LogP contribution in [0.3, 0.4) is 0 Å². The van der Waals surface area contributed by atoms with Gasteiger partial charge in [0.15, 0.2) is 0 Å². The normalized spacial score (nSPS) is 10.2. The molecule has 0 aliphatic heterocycles. The van der Waals surface area contributed by atoms with Gasteiger partial charge in [0.05, 0.1) is 11.3 Å². The molecular formula is C28H23N3O3. The summed E-state index contributed by atoms with van der Waals surface area (Å²) in [5.41, 5.74) is 3.11. The van der Waals surface area contributed by atoms with Crippen LogP contribution in [0.1, 0.15) is 36.6 Å². The van der Waals surface area contributed by atoms with Gasteiger partial charge in [-0.05, 0) is 48.0 Å². The maximum Gasteiger partial charge on any atom is 0.255 e. The Morgan fingerprint density at radius 2 is 1.18 bits per heavy atom. The van der Waals surface area contributed by atoms with Gasteiger partial charge in [-0.15, -0.1) is 0 Å². The van der Waals surface area contributed by atoms with E-state index in [2.05, 4.69) is 16.0 Å². The molecule has 0 fully saturated rings. The first-order valence-electron chi connectivity index (χ1n) is 10.8. The fourth-order valence-electron chi connectivity index (χ4n) is 3.39. The summed E-state index contributed by atoms with van der Waals surface area (Å²) in [4.78, 5) is 38.1. The van der Waals surface area contributed by atoms with Crippen LogP contribution in [0.5, 0.6) is 0 Å². The Bertz CT molecular complexity index is 1300. The van der Waals surface area contributed by atoms with Crippen molar-refractivity contribution in [1.29, 1.82) is 0 Å². The maximum atomic E-state index is 12.9. The molecule has 6 heteroatoms. The Balaban J connectivity index is 1.44. The number of carbonyl (C=O) groups is 3. The van der Waals surface area contributed by atoms with Crippen molar-refractivity contribution in [3.05, 3.63) is 131 Å². The van der Waals surface area contributed by atoms with Crippen molar-refractivity contribution >= 4 is 29.1 Å². The van der Waals surface area contributed by atoms with Gasteiger partial charge in [0.2, 0.25) is 0 Å². The van der Waals surface area contributed by atoms with Gasteiger partial charge in [-0.2, -0.15) is 0 Å². The molecular weight excluding hydrogens is 426 g/mol. The van der Waals surface area contributed by atoms with E-state index in [1.54, 1.807) is 72.8 Å². The third-order valence-electron chi connectivity index (χ3n) is 5.13. The predicted octanol–water partition coefficient (Wildman–Crippen LogP) is 5.12. The summed E-state index contributed by atoms with van der Waals surface area (Å²) in [5.74, 6) is -0.943. The lowest BCUT2D eigenvalue weighted by atomic mass is 10.1. The molecule has 0 spiro atoms. The second-order valence-corrected chi connectivity index (χ2v) is 7.57. The maximum absolute atomic E-state index is 12.9. The summed E-state index contributed by atoms with van der Waals surface area (Å²) < 4.78 is 0. The van der Waals surface area contributed by atoms with E-state index in [9.17, 15) is 14.4 Å². The molecule has 0 atom stereocenters. The zero-order valence-electron chi connectivity index (χ0n) is 18.3. The minimum Gasteiger partial charge on any atom is -0.348 e. The highest BCUT2D eigenvalue weighted by Gasteiger charge is 2.15. The van der Waals surface area contributed by atoms with Gasteiger partial charge < -0.3 is 16.0 Å². The number of amides is 3. The average molecular weight is 450 g/mol. The summed E-state index contributed by atoms with van der Waals surface area (Å²) in [7, 11) is 0. The van der Waals surface area contributed by atoms with Crippen LogP contribution in [-0.2, 0) is 6.54 Å². The van der Waals surface area contributed by atoms with E-state index in [1.807, 2.05) is 36.4 Å². The number of nitrogens with one attached hydrogen (secondary N) is 3. The summed E-state index contributed by atoms with van der Waals surface area (Å²) in [6.07, 6.45) is 0. The number of hydrogen-bond acceptors (Lipinski definition) is 3. The second-order valence-electron chi connectivity index (χ2n) is 7.57. The van der Waals surface area contributed by atoms with Crippen molar-refractivity contribution < 1.29 is 14.4 Å². The van der Waals surface area contributed by atoms with Crippen LogP contribution < -0.4 is 16.0 Å². The highest BCUT2D eigenvalue weighted by Crippen LogP contribution is 2.18. The number of hydrogen-bond donors (Lipinski definition) is 3. The Hall–Kier alpha value is -4.71. The first kappa shape index (κ1) is 22.5. The van der Waals surface area contributed by atoms with Gasteiger partial charge in [-0.25, -0.2) is 0 Å². The smallest absolute Gasteiger partial charge is 0.255 e. The molecule has 0 radical (unpaired) electrons. The van der Waals surface area contributed by atoms with Crippen molar-refractivity contribution in [2.24, 2.45) is 0 Å². The molecule has 0 aliphatic carbocycles. The number of para-hydroxylation sites is 1. The number of rotatable bonds is 7. The van der Waals surface area contributed by atoms with Crippen LogP contribution in [0.2, 0.25) is 0 Å². The van der Waals surface area contributed by atoms with Crippen molar-refractivity contribution in [1.82, 2.24) is 5.32 Å². The lowest BCUT2D eigenvalue weighted by molar-refractivity contribution is 0.0951. The topological polar surface area (TPSA) is 87.3 Å². The highest BCUT2D eigenvalue weighted by molar-refractivity contribution is 6.10. The largest absolute Gasteiger partial charge is 0.348 e. The van der Waals surface area contributed by atoms with Crippen molar-refractivity contribution in [3.63, 3.8) is 0 Å². The first-order valence-corrected chi connectivity index (χ1v) is 10.8. The van der Waals surface area contributed by atoms with Crippen LogP contribution >= 0.6 is 0 Å². The third-order valence-corrected chi connectivity index (χ3v) is 5.13. The molecule has 0 aliphatic rings. The first-order chi connectivity index (χ1) is 16.6. The van der Waals surface area contributed by atoms with Crippen molar-refractivity contribution in [2.75, 3.05) is 10.6 Å². The molecule has 0 saturated heterocycles. The van der Waals surface area contributed by atoms with Gasteiger partial charge >= 0.3 is 0 Å². The molecule has 0 unspecified atom stereocenters. The van der Waals surface area contributed by atoms with Gasteiger partial charge in [0.25, 0.3) is 17.7 Å². The molecule has 3 N–H and O–H groups in total. The summed E-state index contributed by atoms with van der Waals surface area (Å²) in [6.45, 7) is 0.380. The third kappa shape index (κ3) is 5.75. The molecule has 4 rings (SSSR count). The van der Waals surface area contributed by atoms with E-state index in [0.29, 0.717) is 34.6 Å². The Kier molecular flexibility index (Phi) is 7.10. The summed E-state index contributed by atoms with van der Waals surface area (Å²) in [5, 5.41) is 8.48. The number of anilines is 2. The fourth-order valence-corrected chi connectivity index (χ4v) is 3.39. The molecule has 4 aromatic rings. The molecule has 168 valence electrons. The summed E-state index contributed by atoms with van der Waals surface area (Å²) in [6, 6.07) is 31.9. The monoisotopic (exact) mass is 449 g/mol. The molecule has 0 heterocycles. The zero-order chi connectivity index (χ0) is 23.8. The van der Waals surface area contributed by atoms with Crippen LogP contribution in [0.4, 0.5) is 11.4 Å². The minimum absolute atomic E-state index is 0.265.